The molecule has 0 radical (unpaired) electrons. The highest BCUT2D eigenvalue weighted by molar-refractivity contribution is 9.10. The van der Waals surface area contributed by atoms with E-state index in [1.807, 2.05) is 0 Å². The summed E-state index contributed by atoms with van der Waals surface area (Å²) in [6, 6.07) is 2.01. The van der Waals surface area contributed by atoms with Gasteiger partial charge in [-0.2, -0.15) is 13.2 Å². The van der Waals surface area contributed by atoms with E-state index in [4.69, 9.17) is 0 Å². The van der Waals surface area contributed by atoms with Crippen molar-refractivity contribution in [3.05, 3.63) is 33.5 Å². The molecule has 6 heteroatoms. The molecule has 0 aliphatic heterocycles. The number of rotatable bonds is 1. The molecule has 1 aromatic carbocycles. The predicted molar refractivity (Wildman–Crippen MR) is 49.2 cm³/mol. The molecule has 0 bridgehead atoms. The summed E-state index contributed by atoms with van der Waals surface area (Å²) in [6.07, 6.45) is -4.98. The van der Waals surface area contributed by atoms with Gasteiger partial charge in [-0.05, 0) is 40.5 Å². The van der Waals surface area contributed by atoms with Crippen LogP contribution in [0.25, 0.3) is 0 Å². The van der Waals surface area contributed by atoms with Gasteiger partial charge in [0.2, 0.25) is 0 Å². The minimum atomic E-state index is -4.98. The maximum absolute atomic E-state index is 13.2. The van der Waals surface area contributed by atoms with E-state index in [0.29, 0.717) is 0 Å². The summed E-state index contributed by atoms with van der Waals surface area (Å²) in [7, 11) is 0. The maximum Gasteiger partial charge on any atom is 0.454 e. The van der Waals surface area contributed by atoms with E-state index in [1.165, 1.54) is 0 Å². The first kappa shape index (κ1) is 12.2. The first-order chi connectivity index (χ1) is 6.75. The third-order valence-corrected chi connectivity index (χ3v) is 2.45. The van der Waals surface area contributed by atoms with Crippen LogP contribution in [0.1, 0.15) is 15.9 Å². The molecule has 1 nitrogen and oxygen atoms in total. The smallest absolute Gasteiger partial charge is 0.284 e. The van der Waals surface area contributed by atoms with Crippen molar-refractivity contribution in [2.75, 3.05) is 0 Å². The topological polar surface area (TPSA) is 17.1 Å². The molecule has 1 rings (SSSR count). The van der Waals surface area contributed by atoms with Crippen LogP contribution >= 0.6 is 15.9 Å². The van der Waals surface area contributed by atoms with E-state index < -0.39 is 23.3 Å². The van der Waals surface area contributed by atoms with Gasteiger partial charge >= 0.3 is 6.18 Å². The molecule has 0 aliphatic carbocycles. The zero-order valence-electron chi connectivity index (χ0n) is 7.45. The third kappa shape index (κ3) is 2.37. The van der Waals surface area contributed by atoms with Crippen LogP contribution in [-0.4, -0.2) is 12.0 Å². The Bertz CT molecular complexity index is 411. The molecule has 82 valence electrons. The standard InChI is InChI=1S/C9H5BrF4O/c1-4-5(8(15)9(12,13)14)2-3-6(10)7(4)11/h2-3H,1H3. The normalized spacial score (nSPS) is 11.6. The van der Waals surface area contributed by atoms with Gasteiger partial charge in [0.1, 0.15) is 5.82 Å². The van der Waals surface area contributed by atoms with Crippen LogP contribution in [0, 0.1) is 12.7 Å². The van der Waals surface area contributed by atoms with E-state index in [9.17, 15) is 22.4 Å². The van der Waals surface area contributed by atoms with Crippen LogP contribution in [0.2, 0.25) is 0 Å². The number of alkyl halides is 3. The molecular formula is C9H5BrF4O. The Balaban J connectivity index is 3.29. The van der Waals surface area contributed by atoms with E-state index >= 15 is 0 Å². The molecule has 0 N–H and O–H groups in total. The third-order valence-electron chi connectivity index (χ3n) is 1.84. The molecule has 0 spiro atoms. The quantitative estimate of drug-likeness (QED) is 0.568. The molecule has 0 amide bonds. The van der Waals surface area contributed by atoms with Gasteiger partial charge in [-0.15, -0.1) is 0 Å². The van der Waals surface area contributed by atoms with Crippen molar-refractivity contribution < 1.29 is 22.4 Å². The van der Waals surface area contributed by atoms with Crippen LogP contribution in [0.4, 0.5) is 17.6 Å². The molecule has 0 atom stereocenters. The maximum atomic E-state index is 13.2. The highest BCUT2D eigenvalue weighted by Gasteiger charge is 2.40. The number of hydrogen-bond acceptors (Lipinski definition) is 1. The van der Waals surface area contributed by atoms with Crippen molar-refractivity contribution in [1.29, 1.82) is 0 Å². The number of carbonyl (C=O) groups excluding carboxylic acids is 1. The lowest BCUT2D eigenvalue weighted by Gasteiger charge is -2.09. The molecular weight excluding hydrogens is 280 g/mol. The number of hydrogen-bond donors (Lipinski definition) is 0. The van der Waals surface area contributed by atoms with Crippen molar-refractivity contribution >= 4 is 21.7 Å². The molecule has 0 saturated carbocycles. The zero-order chi connectivity index (χ0) is 11.8. The number of benzene rings is 1. The van der Waals surface area contributed by atoms with Gasteiger partial charge in [0.15, 0.2) is 0 Å². The number of carbonyl (C=O) groups is 1. The first-order valence-corrected chi connectivity index (χ1v) is 4.60. The fraction of sp³-hybridized carbons (Fsp3) is 0.222. The lowest BCUT2D eigenvalue weighted by atomic mass is 10.0. The van der Waals surface area contributed by atoms with Crippen molar-refractivity contribution in [2.45, 2.75) is 13.1 Å². The van der Waals surface area contributed by atoms with Crippen LogP contribution in [0.15, 0.2) is 16.6 Å². The van der Waals surface area contributed by atoms with Gasteiger partial charge in [-0.3, -0.25) is 4.79 Å². The average Bonchev–Trinajstić information content (AvgIpc) is 2.12. The van der Waals surface area contributed by atoms with Gasteiger partial charge in [-0.1, -0.05) is 0 Å². The minimum Gasteiger partial charge on any atom is -0.284 e. The Kier molecular flexibility index (Phi) is 3.18. The second-order valence-corrected chi connectivity index (χ2v) is 3.72. The molecule has 0 saturated heterocycles. The summed E-state index contributed by atoms with van der Waals surface area (Å²) in [5.74, 6) is -2.89. The second-order valence-electron chi connectivity index (χ2n) is 2.86. The van der Waals surface area contributed by atoms with Crippen LogP contribution in [0.5, 0.6) is 0 Å². The summed E-state index contributed by atoms with van der Waals surface area (Å²) in [6.45, 7) is 1.12. The van der Waals surface area contributed by atoms with Gasteiger partial charge < -0.3 is 0 Å². The summed E-state index contributed by atoms with van der Waals surface area (Å²) >= 11 is 2.81. The lowest BCUT2D eigenvalue weighted by molar-refractivity contribution is -0.0885. The van der Waals surface area contributed by atoms with Gasteiger partial charge in [0.05, 0.1) is 4.47 Å². The van der Waals surface area contributed by atoms with Crippen molar-refractivity contribution in [3.8, 4) is 0 Å². The van der Waals surface area contributed by atoms with Gasteiger partial charge in [0.25, 0.3) is 5.78 Å². The monoisotopic (exact) mass is 284 g/mol. The van der Waals surface area contributed by atoms with E-state index in [2.05, 4.69) is 15.9 Å². The van der Waals surface area contributed by atoms with Gasteiger partial charge in [-0.25, -0.2) is 4.39 Å². The lowest BCUT2D eigenvalue weighted by Crippen LogP contribution is -2.23. The second kappa shape index (κ2) is 3.92. The Labute approximate surface area is 91.2 Å². The van der Waals surface area contributed by atoms with Crippen molar-refractivity contribution in [2.24, 2.45) is 0 Å². The molecule has 0 heterocycles. The molecule has 0 fully saturated rings. The number of halogens is 5. The Hall–Kier alpha value is -0.910. The van der Waals surface area contributed by atoms with Crippen LogP contribution in [0.3, 0.4) is 0 Å². The van der Waals surface area contributed by atoms with Crippen molar-refractivity contribution in [1.82, 2.24) is 0 Å². The summed E-state index contributed by atoms with van der Waals surface area (Å²) in [5, 5.41) is 0. The molecule has 1 aromatic rings. The molecule has 0 aromatic heterocycles. The average molecular weight is 285 g/mol. The molecule has 0 aliphatic rings. The van der Waals surface area contributed by atoms with E-state index in [-0.39, 0.29) is 10.0 Å². The van der Waals surface area contributed by atoms with Gasteiger partial charge in [0, 0.05) is 5.56 Å². The summed E-state index contributed by atoms with van der Waals surface area (Å²) < 4.78 is 49.4. The first-order valence-electron chi connectivity index (χ1n) is 3.81. The van der Waals surface area contributed by atoms with E-state index in [1.54, 1.807) is 0 Å². The zero-order valence-corrected chi connectivity index (χ0v) is 9.04. The van der Waals surface area contributed by atoms with Crippen molar-refractivity contribution in [3.63, 3.8) is 0 Å². The Morgan fingerprint density at radius 3 is 2.33 bits per heavy atom. The fourth-order valence-electron chi connectivity index (χ4n) is 1.05. The van der Waals surface area contributed by atoms with E-state index in [0.717, 1.165) is 19.1 Å². The molecule has 0 unspecified atom stereocenters. The predicted octanol–water partition coefficient (Wildman–Crippen LogP) is 3.64. The SMILES string of the molecule is Cc1c(C(=O)C(F)(F)F)ccc(Br)c1F. The fourth-order valence-corrected chi connectivity index (χ4v) is 1.48. The molecule has 15 heavy (non-hydrogen) atoms. The Morgan fingerprint density at radius 1 is 1.33 bits per heavy atom. The largest absolute Gasteiger partial charge is 0.454 e. The summed E-state index contributed by atoms with van der Waals surface area (Å²) in [5.41, 5.74) is -0.977. The van der Waals surface area contributed by atoms with Crippen LogP contribution < -0.4 is 0 Å². The Morgan fingerprint density at radius 2 is 1.87 bits per heavy atom. The highest BCUT2D eigenvalue weighted by atomic mass is 79.9. The number of Topliss-reactive ketones (excluding diaryl/α,β-unsaturated/α-hetero) is 1. The number of ketones is 1. The highest BCUT2D eigenvalue weighted by Crippen LogP contribution is 2.27. The summed E-state index contributed by atoms with van der Waals surface area (Å²) in [4.78, 5) is 10.8. The minimum absolute atomic E-state index is 0.0266. The van der Waals surface area contributed by atoms with Crippen LogP contribution in [-0.2, 0) is 0 Å².